The van der Waals surface area contributed by atoms with Crippen molar-refractivity contribution in [3.8, 4) is 11.1 Å². The van der Waals surface area contributed by atoms with E-state index in [0.29, 0.717) is 50.1 Å². The summed E-state index contributed by atoms with van der Waals surface area (Å²) in [6.07, 6.45) is -3.12. The number of pyridine rings is 2. The zero-order chi connectivity index (χ0) is 31.8. The lowest BCUT2D eigenvalue weighted by Gasteiger charge is -2.24. The molecule has 0 bridgehead atoms. The summed E-state index contributed by atoms with van der Waals surface area (Å²) < 4.78 is 44.9. The lowest BCUT2D eigenvalue weighted by molar-refractivity contribution is -0.153. The number of aliphatic carboxylic acids is 1. The zero-order valence-electron chi connectivity index (χ0n) is 23.9. The second-order valence-corrected chi connectivity index (χ2v) is 10.9. The molecule has 0 aliphatic heterocycles. The van der Waals surface area contributed by atoms with Gasteiger partial charge in [0.15, 0.2) is 0 Å². The quantitative estimate of drug-likeness (QED) is 0.188. The molecule has 1 atom stereocenters. The van der Waals surface area contributed by atoms with E-state index in [1.807, 2.05) is 0 Å². The fraction of sp³-hybridized carbons (Fsp3) is 0.212. The van der Waals surface area contributed by atoms with E-state index in [2.05, 4.69) is 9.97 Å². The van der Waals surface area contributed by atoms with Gasteiger partial charge in [-0.15, -0.1) is 0 Å². The summed E-state index contributed by atoms with van der Waals surface area (Å²) >= 11 is 6.67. The Bertz CT molecular complexity index is 1890. The number of carbonyl (C=O) groups is 2. The molecule has 1 N–H and O–H groups in total. The third-order valence-electron chi connectivity index (χ3n) is 7.52. The number of alkyl halides is 3. The zero-order valence-corrected chi connectivity index (χ0v) is 24.7. The van der Waals surface area contributed by atoms with Gasteiger partial charge in [0, 0.05) is 22.8 Å². The molecular formula is C33H27ClF3N3O4. The molecule has 11 heteroatoms. The number of nitrogens with zero attached hydrogens (tertiary/aromatic N) is 3. The molecule has 44 heavy (non-hydrogen) atoms. The molecule has 0 fully saturated rings. The first-order chi connectivity index (χ1) is 20.8. The monoisotopic (exact) mass is 621 g/mol. The van der Waals surface area contributed by atoms with Gasteiger partial charge >= 0.3 is 12.1 Å². The van der Waals surface area contributed by atoms with Crippen LogP contribution >= 0.6 is 11.6 Å². The van der Waals surface area contributed by atoms with Crippen molar-refractivity contribution in [1.82, 2.24) is 14.9 Å². The Morgan fingerprint density at radius 1 is 1.00 bits per heavy atom. The first kappa shape index (κ1) is 30.7. The SMILES string of the molecule is Cc1nc2ccccc2c(C(=O)N(Cc2ccc(C(F)(F)F)o2)Cc2ncc(-c3cccc(C(C)C(=O)O)c3)cc2Cl)c1C. The van der Waals surface area contributed by atoms with Crippen LogP contribution in [0.15, 0.2) is 77.3 Å². The Balaban J connectivity index is 1.53. The Hall–Kier alpha value is -4.70. The van der Waals surface area contributed by atoms with E-state index in [-0.39, 0.29) is 23.9 Å². The number of para-hydroxylation sites is 1. The van der Waals surface area contributed by atoms with Crippen LogP contribution < -0.4 is 0 Å². The number of carbonyl (C=O) groups excluding carboxylic acids is 1. The van der Waals surface area contributed by atoms with Crippen molar-refractivity contribution in [2.45, 2.75) is 46.0 Å². The Labute approximate surface area is 255 Å². The van der Waals surface area contributed by atoms with Crippen molar-refractivity contribution in [3.63, 3.8) is 0 Å². The molecule has 0 radical (unpaired) electrons. The normalized spacial score (nSPS) is 12.3. The van der Waals surface area contributed by atoms with Crippen LogP contribution in [0.3, 0.4) is 0 Å². The maximum absolute atomic E-state index is 14.2. The van der Waals surface area contributed by atoms with E-state index < -0.39 is 29.7 Å². The smallest absolute Gasteiger partial charge is 0.449 e. The average molecular weight is 622 g/mol. The van der Waals surface area contributed by atoms with E-state index >= 15 is 0 Å². The van der Waals surface area contributed by atoms with Gasteiger partial charge in [0.1, 0.15) is 5.76 Å². The number of carboxylic acid groups (broad SMARTS) is 1. The van der Waals surface area contributed by atoms with Crippen molar-refractivity contribution < 1.29 is 32.3 Å². The van der Waals surface area contributed by atoms with Crippen LogP contribution in [-0.4, -0.2) is 31.9 Å². The number of aromatic nitrogens is 2. The van der Waals surface area contributed by atoms with Crippen LogP contribution in [0.2, 0.25) is 5.02 Å². The number of hydrogen-bond donors (Lipinski definition) is 1. The highest BCUT2D eigenvalue weighted by atomic mass is 35.5. The predicted molar refractivity (Wildman–Crippen MR) is 159 cm³/mol. The molecule has 0 saturated heterocycles. The van der Waals surface area contributed by atoms with Gasteiger partial charge in [0.2, 0.25) is 5.76 Å². The molecule has 7 nitrogen and oxygen atoms in total. The maximum Gasteiger partial charge on any atom is 0.449 e. The topological polar surface area (TPSA) is 96.5 Å². The summed E-state index contributed by atoms with van der Waals surface area (Å²) in [7, 11) is 0. The minimum Gasteiger partial charge on any atom is -0.481 e. The van der Waals surface area contributed by atoms with Crippen molar-refractivity contribution in [2.24, 2.45) is 0 Å². The number of aryl methyl sites for hydroxylation is 1. The van der Waals surface area contributed by atoms with Gasteiger partial charge in [-0.05, 0) is 61.7 Å². The summed E-state index contributed by atoms with van der Waals surface area (Å²) in [6, 6.07) is 17.8. The Morgan fingerprint density at radius 2 is 1.75 bits per heavy atom. The number of hydrogen-bond acceptors (Lipinski definition) is 5. The second-order valence-electron chi connectivity index (χ2n) is 10.5. The van der Waals surface area contributed by atoms with Crippen molar-refractivity contribution in [1.29, 1.82) is 0 Å². The number of halogens is 4. The second kappa shape index (κ2) is 12.1. The van der Waals surface area contributed by atoms with Gasteiger partial charge in [0.25, 0.3) is 5.91 Å². The highest BCUT2D eigenvalue weighted by Crippen LogP contribution is 2.33. The number of carboxylic acids is 1. The third kappa shape index (κ3) is 6.30. The number of furan rings is 1. The average Bonchev–Trinajstić information content (AvgIpc) is 3.47. The molecule has 0 saturated carbocycles. The molecule has 1 amide bonds. The van der Waals surface area contributed by atoms with E-state index in [9.17, 15) is 27.9 Å². The van der Waals surface area contributed by atoms with Crippen molar-refractivity contribution >= 4 is 34.4 Å². The van der Waals surface area contributed by atoms with Crippen molar-refractivity contribution in [2.75, 3.05) is 0 Å². The van der Waals surface area contributed by atoms with Gasteiger partial charge in [-0.25, -0.2) is 0 Å². The van der Waals surface area contributed by atoms with Crippen LogP contribution in [0.25, 0.3) is 22.0 Å². The lowest BCUT2D eigenvalue weighted by Crippen LogP contribution is -2.31. The van der Waals surface area contributed by atoms with E-state index in [1.54, 1.807) is 81.6 Å². The molecule has 0 aliphatic carbocycles. The highest BCUT2D eigenvalue weighted by molar-refractivity contribution is 6.31. The highest BCUT2D eigenvalue weighted by Gasteiger charge is 2.35. The predicted octanol–water partition coefficient (Wildman–Crippen LogP) is 8.21. The lowest BCUT2D eigenvalue weighted by atomic mass is 9.97. The van der Waals surface area contributed by atoms with Crippen LogP contribution in [0, 0.1) is 13.8 Å². The molecule has 5 rings (SSSR count). The number of fused-ring (bicyclic) bond motifs is 1. The van der Waals surface area contributed by atoms with Gasteiger partial charge in [-0.2, -0.15) is 13.2 Å². The molecule has 3 aromatic heterocycles. The maximum atomic E-state index is 14.2. The summed E-state index contributed by atoms with van der Waals surface area (Å²) in [5, 5.41) is 10.2. The van der Waals surface area contributed by atoms with E-state index in [0.717, 1.165) is 6.07 Å². The fourth-order valence-electron chi connectivity index (χ4n) is 4.92. The summed E-state index contributed by atoms with van der Waals surface area (Å²) in [6.45, 7) is 4.74. The van der Waals surface area contributed by atoms with Crippen molar-refractivity contribution in [3.05, 3.63) is 118 Å². The largest absolute Gasteiger partial charge is 0.481 e. The minimum atomic E-state index is -4.68. The molecule has 5 aromatic rings. The molecule has 1 unspecified atom stereocenters. The van der Waals surface area contributed by atoms with Gasteiger partial charge < -0.3 is 14.4 Å². The standard InChI is InChI=1S/C33H27ClF3N3O4/c1-18-20(3)39-27-10-5-4-9-25(27)30(18)31(41)40(16-24-11-12-29(44-24)33(35,36)37)17-28-26(34)14-23(15-38-28)22-8-6-7-21(13-22)19(2)32(42)43/h4-15,19H,16-17H2,1-3H3,(H,42,43). The minimum absolute atomic E-state index is 0.0597. The van der Waals surface area contributed by atoms with Gasteiger partial charge in [0.05, 0.1) is 40.8 Å². The van der Waals surface area contributed by atoms with Crippen LogP contribution in [-0.2, 0) is 24.1 Å². The third-order valence-corrected chi connectivity index (χ3v) is 7.84. The summed E-state index contributed by atoms with van der Waals surface area (Å²) in [5.41, 5.74) is 4.51. The Morgan fingerprint density at radius 3 is 2.43 bits per heavy atom. The molecule has 0 aliphatic rings. The first-order valence-electron chi connectivity index (χ1n) is 13.6. The van der Waals surface area contributed by atoms with Gasteiger partial charge in [-0.1, -0.05) is 54.1 Å². The van der Waals surface area contributed by atoms with Crippen LogP contribution in [0.4, 0.5) is 13.2 Å². The van der Waals surface area contributed by atoms with E-state index in [4.69, 9.17) is 16.0 Å². The van der Waals surface area contributed by atoms with Gasteiger partial charge in [-0.3, -0.25) is 19.6 Å². The van der Waals surface area contributed by atoms with E-state index in [1.165, 1.54) is 11.0 Å². The Kier molecular flexibility index (Phi) is 8.47. The molecule has 2 aromatic carbocycles. The summed E-state index contributed by atoms with van der Waals surface area (Å²) in [5.74, 6) is -3.35. The molecule has 3 heterocycles. The number of amides is 1. The van der Waals surface area contributed by atoms with Crippen LogP contribution in [0.1, 0.15) is 57.2 Å². The fourth-order valence-corrected chi connectivity index (χ4v) is 5.14. The molecular weight excluding hydrogens is 595 g/mol. The molecule has 0 spiro atoms. The molecule has 226 valence electrons. The first-order valence-corrected chi connectivity index (χ1v) is 14.0. The number of rotatable bonds is 8. The summed E-state index contributed by atoms with van der Waals surface area (Å²) in [4.78, 5) is 36.1. The van der Waals surface area contributed by atoms with Crippen LogP contribution in [0.5, 0.6) is 0 Å². The number of benzene rings is 2.